The van der Waals surface area contributed by atoms with E-state index in [4.69, 9.17) is 4.74 Å². The molecule has 0 saturated carbocycles. The van der Waals surface area contributed by atoms with E-state index in [2.05, 4.69) is 0 Å². The van der Waals surface area contributed by atoms with Crippen LogP contribution in [0.1, 0.15) is 16.7 Å². The van der Waals surface area contributed by atoms with E-state index in [0.29, 0.717) is 11.3 Å². The Morgan fingerprint density at radius 1 is 0.840 bits per heavy atom. The molecule has 124 valence electrons. The summed E-state index contributed by atoms with van der Waals surface area (Å²) in [5, 5.41) is 11.1. The van der Waals surface area contributed by atoms with Gasteiger partial charge in [-0.05, 0) is 17.7 Å². The predicted molar refractivity (Wildman–Crippen MR) is 99.2 cm³/mol. The summed E-state index contributed by atoms with van der Waals surface area (Å²) in [5.74, 6) is 0.688. The molecular weight excluding hydrogens is 314 g/mol. The molecule has 0 aliphatic carbocycles. The molecule has 3 rings (SSSR count). The fourth-order valence-electron chi connectivity index (χ4n) is 2.47. The van der Waals surface area contributed by atoms with Crippen LogP contribution in [0.5, 0.6) is 5.75 Å². The Labute approximate surface area is 146 Å². The number of nitro benzene ring substituents is 1. The first-order valence-corrected chi connectivity index (χ1v) is 7.91. The van der Waals surface area contributed by atoms with Gasteiger partial charge in [0.1, 0.15) is 12.4 Å². The second-order valence-electron chi connectivity index (χ2n) is 5.46. The first kappa shape index (κ1) is 16.5. The minimum Gasteiger partial charge on any atom is -0.488 e. The zero-order valence-electron chi connectivity index (χ0n) is 13.5. The third-order valence-electron chi connectivity index (χ3n) is 3.75. The largest absolute Gasteiger partial charge is 0.488 e. The van der Waals surface area contributed by atoms with Gasteiger partial charge >= 0.3 is 0 Å². The van der Waals surface area contributed by atoms with Gasteiger partial charge in [-0.3, -0.25) is 10.1 Å². The molecule has 0 aromatic heterocycles. The first-order valence-electron chi connectivity index (χ1n) is 7.91. The molecule has 0 saturated heterocycles. The van der Waals surface area contributed by atoms with E-state index in [0.717, 1.165) is 11.1 Å². The summed E-state index contributed by atoms with van der Waals surface area (Å²) in [4.78, 5) is 10.7. The average molecular weight is 331 g/mol. The molecule has 0 fully saturated rings. The Bertz CT molecular complexity index is 888. The van der Waals surface area contributed by atoms with E-state index >= 15 is 0 Å². The molecule has 3 aromatic rings. The second-order valence-corrected chi connectivity index (χ2v) is 5.46. The van der Waals surface area contributed by atoms with Crippen molar-refractivity contribution in [2.24, 2.45) is 0 Å². The van der Waals surface area contributed by atoms with Crippen molar-refractivity contribution in [3.63, 3.8) is 0 Å². The smallest absolute Gasteiger partial charge is 0.276 e. The highest BCUT2D eigenvalue weighted by atomic mass is 16.6. The molecule has 0 N–H and O–H groups in total. The summed E-state index contributed by atoms with van der Waals surface area (Å²) in [7, 11) is 0. The lowest BCUT2D eigenvalue weighted by Crippen LogP contribution is -2.01. The number of para-hydroxylation sites is 2. The van der Waals surface area contributed by atoms with Gasteiger partial charge in [-0.1, -0.05) is 72.8 Å². The van der Waals surface area contributed by atoms with Gasteiger partial charge in [-0.15, -0.1) is 0 Å². The summed E-state index contributed by atoms with van der Waals surface area (Å²) < 4.78 is 5.85. The van der Waals surface area contributed by atoms with Gasteiger partial charge in [0.25, 0.3) is 5.69 Å². The third kappa shape index (κ3) is 4.32. The Kier molecular flexibility index (Phi) is 5.22. The Hall–Kier alpha value is -3.40. The van der Waals surface area contributed by atoms with Gasteiger partial charge in [-0.25, -0.2) is 0 Å². The van der Waals surface area contributed by atoms with Gasteiger partial charge in [0.2, 0.25) is 0 Å². The minimum absolute atomic E-state index is 0.0693. The number of nitrogens with zero attached hydrogens (tertiary/aromatic N) is 1. The van der Waals surface area contributed by atoms with Crippen LogP contribution < -0.4 is 4.74 Å². The quantitative estimate of drug-likeness (QED) is 0.348. The number of hydrogen-bond acceptors (Lipinski definition) is 3. The van der Waals surface area contributed by atoms with Gasteiger partial charge in [0.15, 0.2) is 0 Å². The van der Waals surface area contributed by atoms with Crippen LogP contribution in [0.2, 0.25) is 0 Å². The molecule has 0 spiro atoms. The molecule has 0 bridgehead atoms. The van der Waals surface area contributed by atoms with Crippen molar-refractivity contribution in [3.05, 3.63) is 106 Å². The fraction of sp³-hybridized carbons (Fsp3) is 0.0476. The summed E-state index contributed by atoms with van der Waals surface area (Å²) >= 11 is 0. The predicted octanol–water partition coefficient (Wildman–Crippen LogP) is 5.34. The molecule has 4 heteroatoms. The van der Waals surface area contributed by atoms with Crippen molar-refractivity contribution >= 4 is 17.8 Å². The maximum atomic E-state index is 11.1. The molecule has 0 heterocycles. The van der Waals surface area contributed by atoms with E-state index in [1.165, 1.54) is 6.07 Å². The van der Waals surface area contributed by atoms with Crippen LogP contribution >= 0.6 is 0 Å². The van der Waals surface area contributed by atoms with Gasteiger partial charge in [-0.2, -0.15) is 0 Å². The Morgan fingerprint density at radius 3 is 2.32 bits per heavy atom. The van der Waals surface area contributed by atoms with Gasteiger partial charge in [0.05, 0.1) is 10.5 Å². The van der Waals surface area contributed by atoms with Crippen molar-refractivity contribution in [1.29, 1.82) is 0 Å². The van der Waals surface area contributed by atoms with Crippen LogP contribution in [0, 0.1) is 10.1 Å². The maximum Gasteiger partial charge on any atom is 0.276 e. The van der Waals surface area contributed by atoms with Crippen molar-refractivity contribution in [2.75, 3.05) is 0 Å². The van der Waals surface area contributed by atoms with Crippen LogP contribution in [0.4, 0.5) is 5.69 Å². The summed E-state index contributed by atoms with van der Waals surface area (Å²) in [6.45, 7) is 0.146. The monoisotopic (exact) mass is 331 g/mol. The summed E-state index contributed by atoms with van der Waals surface area (Å²) in [5.41, 5.74) is 2.63. The van der Waals surface area contributed by atoms with Crippen LogP contribution in [-0.4, -0.2) is 4.92 Å². The van der Waals surface area contributed by atoms with E-state index in [9.17, 15) is 10.1 Å². The second kappa shape index (κ2) is 7.93. The summed E-state index contributed by atoms with van der Waals surface area (Å²) in [6.07, 6.45) is 3.98. The molecule has 4 nitrogen and oxygen atoms in total. The van der Waals surface area contributed by atoms with E-state index in [-0.39, 0.29) is 17.2 Å². The van der Waals surface area contributed by atoms with Gasteiger partial charge in [0, 0.05) is 11.6 Å². The Balaban J connectivity index is 1.78. The molecule has 0 radical (unpaired) electrons. The normalized spacial score (nSPS) is 10.7. The highest BCUT2D eigenvalue weighted by Gasteiger charge is 2.13. The molecule has 0 aliphatic heterocycles. The van der Waals surface area contributed by atoms with E-state index < -0.39 is 0 Å². The zero-order chi connectivity index (χ0) is 17.5. The highest BCUT2D eigenvalue weighted by molar-refractivity contribution is 5.72. The third-order valence-corrected chi connectivity index (χ3v) is 3.75. The van der Waals surface area contributed by atoms with Crippen molar-refractivity contribution in [3.8, 4) is 5.75 Å². The highest BCUT2D eigenvalue weighted by Crippen LogP contribution is 2.24. The number of ether oxygens (including phenoxy) is 1. The SMILES string of the molecule is O=[N+]([O-])c1ccccc1COc1ccccc1C=Cc1ccccc1. The lowest BCUT2D eigenvalue weighted by atomic mass is 10.1. The van der Waals surface area contributed by atoms with E-state index in [1.54, 1.807) is 18.2 Å². The lowest BCUT2D eigenvalue weighted by molar-refractivity contribution is -0.385. The number of hydrogen-bond donors (Lipinski definition) is 0. The number of nitro groups is 1. The average Bonchev–Trinajstić information content (AvgIpc) is 2.66. The Morgan fingerprint density at radius 2 is 1.52 bits per heavy atom. The fourth-order valence-corrected chi connectivity index (χ4v) is 2.47. The maximum absolute atomic E-state index is 11.1. The molecular formula is C21H17NO3. The molecule has 0 atom stereocenters. The topological polar surface area (TPSA) is 52.4 Å². The molecule has 3 aromatic carbocycles. The van der Waals surface area contributed by atoms with Crippen molar-refractivity contribution in [1.82, 2.24) is 0 Å². The lowest BCUT2D eigenvalue weighted by Gasteiger charge is -2.09. The number of rotatable bonds is 6. The zero-order valence-corrected chi connectivity index (χ0v) is 13.5. The minimum atomic E-state index is -0.389. The van der Waals surface area contributed by atoms with Crippen molar-refractivity contribution in [2.45, 2.75) is 6.61 Å². The standard InChI is InChI=1S/C21H17NO3/c23-22(24)20-12-6-4-11-19(20)16-25-21-13-7-5-10-18(21)15-14-17-8-2-1-3-9-17/h1-15H,16H2. The molecule has 25 heavy (non-hydrogen) atoms. The van der Waals surface area contributed by atoms with Crippen molar-refractivity contribution < 1.29 is 9.66 Å². The summed E-state index contributed by atoms with van der Waals surface area (Å²) in [6, 6.07) is 24.2. The first-order chi connectivity index (χ1) is 12.2. The molecule has 0 unspecified atom stereocenters. The van der Waals surface area contributed by atoms with Crippen LogP contribution in [0.3, 0.4) is 0 Å². The number of benzene rings is 3. The molecule has 0 amide bonds. The van der Waals surface area contributed by atoms with Crippen LogP contribution in [0.15, 0.2) is 78.9 Å². The van der Waals surface area contributed by atoms with E-state index in [1.807, 2.05) is 66.7 Å². The molecule has 0 aliphatic rings. The van der Waals surface area contributed by atoms with Crippen LogP contribution in [0.25, 0.3) is 12.2 Å². The van der Waals surface area contributed by atoms with Crippen LogP contribution in [-0.2, 0) is 6.61 Å². The van der Waals surface area contributed by atoms with Gasteiger partial charge < -0.3 is 4.74 Å².